The van der Waals surface area contributed by atoms with Crippen molar-refractivity contribution in [3.05, 3.63) is 84.2 Å². The number of nitro groups is 1. The molecule has 0 spiro atoms. The van der Waals surface area contributed by atoms with Crippen LogP contribution in [0, 0.1) is 17.0 Å². The molecule has 0 radical (unpaired) electrons. The van der Waals surface area contributed by atoms with Crippen molar-refractivity contribution in [1.29, 1.82) is 0 Å². The molecule has 1 heterocycles. The Labute approximate surface area is 171 Å². The van der Waals surface area contributed by atoms with Crippen molar-refractivity contribution in [2.24, 2.45) is 0 Å². The minimum absolute atomic E-state index is 0.00301. The van der Waals surface area contributed by atoms with Crippen LogP contribution in [0.1, 0.15) is 46.8 Å². The summed E-state index contributed by atoms with van der Waals surface area (Å²) in [4.78, 5) is 34.5. The van der Waals surface area contributed by atoms with Gasteiger partial charge in [-0.25, -0.2) is 9.59 Å². The SMILES string of the molecule is Cc1cc2oc(=O)cc(COC(=O)c3ccc([N+](=O)[O-])cc3Cl)c2cc1C(C)C. The number of fused-ring (bicyclic) bond motifs is 1. The van der Waals surface area contributed by atoms with Crippen LogP contribution in [-0.2, 0) is 11.3 Å². The van der Waals surface area contributed by atoms with E-state index in [2.05, 4.69) is 13.8 Å². The van der Waals surface area contributed by atoms with Crippen molar-refractivity contribution >= 4 is 34.2 Å². The largest absolute Gasteiger partial charge is 0.457 e. The van der Waals surface area contributed by atoms with Gasteiger partial charge in [0.1, 0.15) is 12.2 Å². The topological polar surface area (TPSA) is 99.7 Å². The van der Waals surface area contributed by atoms with E-state index in [9.17, 15) is 19.7 Å². The number of nitro benzene ring substituents is 1. The molecule has 0 amide bonds. The summed E-state index contributed by atoms with van der Waals surface area (Å²) in [5, 5.41) is 11.4. The van der Waals surface area contributed by atoms with Crippen LogP contribution in [-0.4, -0.2) is 10.9 Å². The average molecular weight is 416 g/mol. The van der Waals surface area contributed by atoms with Gasteiger partial charge in [-0.15, -0.1) is 0 Å². The van der Waals surface area contributed by atoms with Crippen molar-refractivity contribution in [3.8, 4) is 0 Å². The standard InChI is InChI=1S/C21H18ClNO6/c1-11(2)16-9-17-13(7-20(24)29-19(17)6-12(16)3)10-28-21(25)15-5-4-14(23(26)27)8-18(15)22/h4-9,11H,10H2,1-3H3. The van der Waals surface area contributed by atoms with Gasteiger partial charge in [0.2, 0.25) is 0 Å². The first-order valence-electron chi connectivity index (χ1n) is 8.85. The van der Waals surface area contributed by atoms with Gasteiger partial charge in [0, 0.05) is 29.1 Å². The first kappa shape index (κ1) is 20.5. The number of carbonyl (C=O) groups is 1. The molecule has 3 rings (SSSR count). The van der Waals surface area contributed by atoms with Crippen LogP contribution in [0.5, 0.6) is 0 Å². The number of hydrogen-bond donors (Lipinski definition) is 0. The van der Waals surface area contributed by atoms with E-state index in [0.29, 0.717) is 16.5 Å². The first-order chi connectivity index (χ1) is 13.7. The predicted octanol–water partition coefficient (Wildman–Crippen LogP) is 5.14. The Morgan fingerprint density at radius 2 is 1.97 bits per heavy atom. The molecule has 0 fully saturated rings. The van der Waals surface area contributed by atoms with Crippen molar-refractivity contribution in [1.82, 2.24) is 0 Å². The second-order valence-electron chi connectivity index (χ2n) is 6.95. The summed E-state index contributed by atoms with van der Waals surface area (Å²) in [6.45, 7) is 5.89. The van der Waals surface area contributed by atoms with Gasteiger partial charge in [0.05, 0.1) is 15.5 Å². The number of carbonyl (C=O) groups excluding carboxylic acids is 1. The minimum atomic E-state index is -0.748. The third-order valence-electron chi connectivity index (χ3n) is 4.58. The monoisotopic (exact) mass is 415 g/mol. The number of benzene rings is 2. The summed E-state index contributed by atoms with van der Waals surface area (Å²) < 4.78 is 10.6. The highest BCUT2D eigenvalue weighted by molar-refractivity contribution is 6.33. The molecule has 0 atom stereocenters. The minimum Gasteiger partial charge on any atom is -0.457 e. The lowest BCUT2D eigenvalue weighted by molar-refractivity contribution is -0.384. The van der Waals surface area contributed by atoms with E-state index in [4.69, 9.17) is 20.8 Å². The fourth-order valence-corrected chi connectivity index (χ4v) is 3.39. The molecule has 0 saturated carbocycles. The average Bonchev–Trinajstić information content (AvgIpc) is 2.64. The highest BCUT2D eigenvalue weighted by Crippen LogP contribution is 2.28. The fourth-order valence-electron chi connectivity index (χ4n) is 3.14. The van der Waals surface area contributed by atoms with Crippen LogP contribution >= 0.6 is 11.6 Å². The molecule has 0 unspecified atom stereocenters. The second-order valence-corrected chi connectivity index (χ2v) is 7.35. The number of non-ortho nitro benzene ring substituents is 1. The molecular formula is C21H18ClNO6. The molecule has 2 aromatic carbocycles. The van der Waals surface area contributed by atoms with Gasteiger partial charge in [-0.05, 0) is 42.2 Å². The summed E-state index contributed by atoms with van der Waals surface area (Å²) in [5.41, 5.74) is 2.25. The molecule has 29 heavy (non-hydrogen) atoms. The van der Waals surface area contributed by atoms with Crippen LogP contribution in [0.3, 0.4) is 0 Å². The van der Waals surface area contributed by atoms with E-state index in [1.54, 1.807) is 6.07 Å². The smallest absolute Gasteiger partial charge is 0.339 e. The lowest BCUT2D eigenvalue weighted by atomic mass is 9.95. The summed E-state index contributed by atoms with van der Waals surface area (Å²) in [7, 11) is 0. The number of nitrogens with zero attached hydrogens (tertiary/aromatic N) is 1. The summed E-state index contributed by atoms with van der Waals surface area (Å²) in [6.07, 6.45) is 0. The third kappa shape index (κ3) is 4.30. The van der Waals surface area contributed by atoms with Crippen LogP contribution < -0.4 is 5.63 Å². The number of aryl methyl sites for hydroxylation is 1. The second kappa shape index (κ2) is 8.05. The normalized spacial score (nSPS) is 11.1. The van der Waals surface area contributed by atoms with Crippen LogP contribution in [0.15, 0.2) is 45.6 Å². The molecule has 1 aromatic heterocycles. The van der Waals surface area contributed by atoms with E-state index in [1.165, 1.54) is 18.2 Å². The van der Waals surface area contributed by atoms with Gasteiger partial charge < -0.3 is 9.15 Å². The van der Waals surface area contributed by atoms with Crippen LogP contribution in [0.4, 0.5) is 5.69 Å². The molecule has 150 valence electrons. The molecule has 0 aliphatic carbocycles. The maximum absolute atomic E-state index is 12.4. The Hall–Kier alpha value is -3.19. The molecule has 0 aliphatic rings. The van der Waals surface area contributed by atoms with E-state index in [1.807, 2.05) is 13.0 Å². The molecular weight excluding hydrogens is 398 g/mol. The molecule has 0 bridgehead atoms. The summed E-state index contributed by atoms with van der Waals surface area (Å²) in [6, 6.07) is 8.51. The number of esters is 1. The van der Waals surface area contributed by atoms with Gasteiger partial charge in [-0.1, -0.05) is 25.4 Å². The zero-order valence-corrected chi connectivity index (χ0v) is 16.8. The number of ether oxygens (including phenoxy) is 1. The first-order valence-corrected chi connectivity index (χ1v) is 9.23. The summed E-state index contributed by atoms with van der Waals surface area (Å²) in [5.74, 6) is -0.483. The molecule has 0 N–H and O–H groups in total. The highest BCUT2D eigenvalue weighted by atomic mass is 35.5. The highest BCUT2D eigenvalue weighted by Gasteiger charge is 2.18. The number of hydrogen-bond acceptors (Lipinski definition) is 6. The Balaban J connectivity index is 1.92. The molecule has 3 aromatic rings. The lowest BCUT2D eigenvalue weighted by Gasteiger charge is -2.13. The Morgan fingerprint density at radius 1 is 1.24 bits per heavy atom. The zero-order chi connectivity index (χ0) is 21.3. The van der Waals surface area contributed by atoms with Crippen LogP contribution in [0.25, 0.3) is 11.0 Å². The van der Waals surface area contributed by atoms with E-state index in [-0.39, 0.29) is 28.8 Å². The molecule has 7 nitrogen and oxygen atoms in total. The maximum Gasteiger partial charge on any atom is 0.339 e. The van der Waals surface area contributed by atoms with Gasteiger partial charge in [0.15, 0.2) is 0 Å². The quantitative estimate of drug-likeness (QED) is 0.247. The van der Waals surface area contributed by atoms with Crippen molar-refractivity contribution in [2.75, 3.05) is 0 Å². The van der Waals surface area contributed by atoms with E-state index < -0.39 is 16.5 Å². The van der Waals surface area contributed by atoms with Crippen molar-refractivity contribution in [2.45, 2.75) is 33.3 Å². The van der Waals surface area contributed by atoms with Crippen LogP contribution in [0.2, 0.25) is 5.02 Å². The van der Waals surface area contributed by atoms with Gasteiger partial charge in [0.25, 0.3) is 5.69 Å². The Bertz CT molecular complexity index is 1180. The Morgan fingerprint density at radius 3 is 2.59 bits per heavy atom. The fraction of sp³-hybridized carbons (Fsp3) is 0.238. The molecule has 0 aliphatic heterocycles. The van der Waals surface area contributed by atoms with Gasteiger partial charge in [-0.3, -0.25) is 10.1 Å². The van der Waals surface area contributed by atoms with E-state index >= 15 is 0 Å². The number of halogens is 1. The van der Waals surface area contributed by atoms with Crippen molar-refractivity contribution in [3.63, 3.8) is 0 Å². The Kier molecular flexibility index (Phi) is 5.70. The lowest BCUT2D eigenvalue weighted by Crippen LogP contribution is -2.09. The predicted molar refractivity (Wildman–Crippen MR) is 109 cm³/mol. The van der Waals surface area contributed by atoms with Gasteiger partial charge >= 0.3 is 11.6 Å². The maximum atomic E-state index is 12.4. The van der Waals surface area contributed by atoms with Crippen molar-refractivity contribution < 1.29 is 18.9 Å². The molecule has 0 saturated heterocycles. The van der Waals surface area contributed by atoms with E-state index in [0.717, 1.165) is 17.2 Å². The third-order valence-corrected chi connectivity index (χ3v) is 4.89. The molecule has 8 heteroatoms. The van der Waals surface area contributed by atoms with Gasteiger partial charge in [-0.2, -0.15) is 0 Å². The zero-order valence-electron chi connectivity index (χ0n) is 16.0. The number of rotatable bonds is 5. The summed E-state index contributed by atoms with van der Waals surface area (Å²) >= 11 is 5.97.